The molecule has 0 aliphatic carbocycles. The first-order valence-corrected chi connectivity index (χ1v) is 13.1. The Bertz CT molecular complexity index is 860. The van der Waals surface area contributed by atoms with Gasteiger partial charge >= 0.3 is 7.47 Å². The van der Waals surface area contributed by atoms with Gasteiger partial charge < -0.3 is 14.6 Å². The number of hydrogen-bond donors (Lipinski definition) is 2. The van der Waals surface area contributed by atoms with E-state index in [1.165, 1.54) is 57.8 Å². The summed E-state index contributed by atoms with van der Waals surface area (Å²) < 4.78 is 30.8. The Morgan fingerprint density at radius 1 is 0.765 bits per heavy atom. The van der Waals surface area contributed by atoms with Crippen LogP contribution in [-0.2, 0) is 17.5 Å². The molecule has 0 atom stereocenters. The van der Waals surface area contributed by atoms with Crippen molar-refractivity contribution in [2.24, 2.45) is 0 Å². The van der Waals surface area contributed by atoms with Crippen molar-refractivity contribution in [3.05, 3.63) is 53.1 Å². The topological polar surface area (TPSA) is 57.9 Å². The molecule has 0 spiro atoms. The molecule has 0 aromatic carbocycles. The van der Waals surface area contributed by atoms with E-state index in [1.807, 2.05) is 12.1 Å². The maximum Gasteiger partial charge on any atom is 0.796 e. The van der Waals surface area contributed by atoms with Gasteiger partial charge in [-0.2, -0.15) is 0 Å². The van der Waals surface area contributed by atoms with E-state index in [0.717, 1.165) is 49.6 Å². The van der Waals surface area contributed by atoms with E-state index in [9.17, 15) is 13.4 Å². The summed E-state index contributed by atoms with van der Waals surface area (Å²) in [6.45, 7) is 4.40. The molecule has 0 amide bonds. The van der Waals surface area contributed by atoms with Gasteiger partial charge in [0.2, 0.25) is 5.78 Å². The van der Waals surface area contributed by atoms with Gasteiger partial charge in [-0.1, -0.05) is 78.1 Å². The van der Waals surface area contributed by atoms with Gasteiger partial charge in [0, 0.05) is 17.5 Å². The fourth-order valence-electron chi connectivity index (χ4n) is 4.12. The van der Waals surface area contributed by atoms with Gasteiger partial charge in [-0.15, -0.1) is 0 Å². The fraction of sp³-hybridized carbons (Fsp3) is 0.593. The number of aromatic nitrogens is 2. The lowest BCUT2D eigenvalue weighted by atomic mass is 10.1. The van der Waals surface area contributed by atoms with Gasteiger partial charge in [-0.25, -0.2) is 8.63 Å². The number of aryl methyl sites for hydroxylation is 2. The summed E-state index contributed by atoms with van der Waals surface area (Å²) in [4.78, 5) is 19.0. The molecule has 0 saturated heterocycles. The van der Waals surface area contributed by atoms with Crippen molar-refractivity contribution in [3.8, 4) is 0 Å². The van der Waals surface area contributed by atoms with Gasteiger partial charge in [0.15, 0.2) is 0 Å². The summed E-state index contributed by atoms with van der Waals surface area (Å²) in [5.41, 5.74) is 2.73. The third-order valence-electron chi connectivity index (χ3n) is 6.10. The smallest absolute Gasteiger partial charge is 0.503 e. The van der Waals surface area contributed by atoms with E-state index in [1.54, 1.807) is 12.1 Å². The Hall–Kier alpha value is -2.31. The number of carbonyl (C=O) groups excluding carboxylic acids is 1. The third kappa shape index (κ3) is 10.7. The number of unbranched alkanes of at least 4 members (excludes halogenated alkanes) is 10. The molecule has 188 valence electrons. The lowest BCUT2D eigenvalue weighted by molar-refractivity contribution is 0.104. The molecule has 7 heteroatoms. The quantitative estimate of drug-likeness (QED) is 0.0707. The Balaban J connectivity index is 1.92. The van der Waals surface area contributed by atoms with Crippen molar-refractivity contribution in [3.63, 3.8) is 0 Å². The van der Waals surface area contributed by atoms with E-state index in [0.29, 0.717) is 11.4 Å². The first-order chi connectivity index (χ1) is 16.5. The highest BCUT2D eigenvalue weighted by atomic mass is 19.2. The molecule has 0 fully saturated rings. The minimum Gasteiger partial charge on any atom is -0.503 e. The van der Waals surface area contributed by atoms with Gasteiger partial charge in [0.05, 0.1) is 11.4 Å². The van der Waals surface area contributed by atoms with E-state index in [2.05, 4.69) is 23.8 Å². The lowest BCUT2D eigenvalue weighted by Crippen LogP contribution is -2.07. The number of H-pyrrole nitrogens is 2. The predicted molar refractivity (Wildman–Crippen MR) is 137 cm³/mol. The molecule has 2 heterocycles. The minimum atomic E-state index is -3.00. The number of rotatable bonds is 19. The molecule has 0 unspecified atom stereocenters. The molecule has 0 radical (unpaired) electrons. The second-order valence-corrected chi connectivity index (χ2v) is 9.08. The van der Waals surface area contributed by atoms with Crippen LogP contribution in [0.25, 0.3) is 5.76 Å². The largest absolute Gasteiger partial charge is 0.796 e. The first kappa shape index (κ1) is 27.9. The molecule has 0 aliphatic rings. The Morgan fingerprint density at radius 2 is 1.24 bits per heavy atom. The van der Waals surface area contributed by atoms with Crippen LogP contribution in [-0.4, -0.2) is 23.2 Å². The molecule has 0 bridgehead atoms. The number of ketones is 1. The van der Waals surface area contributed by atoms with Crippen LogP contribution in [0.5, 0.6) is 0 Å². The van der Waals surface area contributed by atoms with Gasteiger partial charge in [0.1, 0.15) is 5.76 Å². The molecule has 2 rings (SSSR count). The highest BCUT2D eigenvalue weighted by Crippen LogP contribution is 2.20. The van der Waals surface area contributed by atoms with Crippen LogP contribution in [0, 0.1) is 0 Å². The number of hydrogen-bond acceptors (Lipinski definition) is 2. The number of carbonyl (C=O) groups is 1. The molecular formula is C27H41BF2N2O2. The second kappa shape index (κ2) is 16.3. The molecule has 34 heavy (non-hydrogen) atoms. The van der Waals surface area contributed by atoms with E-state index in [4.69, 9.17) is 4.65 Å². The SMILES string of the molecule is CCCCCCCCc1ccc(C(=O)/C=C(\OB(F)F)c2ccc(CCCCCCCC)[nH]2)[nH]1. The number of allylic oxidation sites excluding steroid dienone is 1. The van der Waals surface area contributed by atoms with Crippen LogP contribution >= 0.6 is 0 Å². The summed E-state index contributed by atoms with van der Waals surface area (Å²) >= 11 is 0. The number of halogens is 2. The first-order valence-electron chi connectivity index (χ1n) is 13.1. The van der Waals surface area contributed by atoms with Crippen molar-refractivity contribution in [1.29, 1.82) is 0 Å². The maximum absolute atomic E-state index is 13.0. The zero-order valence-electron chi connectivity index (χ0n) is 20.9. The summed E-state index contributed by atoms with van der Waals surface area (Å²) in [5, 5.41) is 0. The van der Waals surface area contributed by atoms with Gasteiger partial charge in [0.25, 0.3) is 0 Å². The van der Waals surface area contributed by atoms with Crippen molar-refractivity contribution in [2.45, 2.75) is 104 Å². The molecule has 2 aromatic rings. The minimum absolute atomic E-state index is 0.138. The van der Waals surface area contributed by atoms with Crippen LogP contribution in [0.15, 0.2) is 30.3 Å². The average molecular weight is 474 g/mol. The highest BCUT2D eigenvalue weighted by Gasteiger charge is 2.22. The normalized spacial score (nSPS) is 11.7. The van der Waals surface area contributed by atoms with Gasteiger partial charge in [-0.05, 0) is 49.9 Å². The van der Waals surface area contributed by atoms with E-state index >= 15 is 0 Å². The Morgan fingerprint density at radius 3 is 1.76 bits per heavy atom. The molecule has 4 nitrogen and oxygen atoms in total. The number of nitrogens with one attached hydrogen (secondary N) is 2. The third-order valence-corrected chi connectivity index (χ3v) is 6.10. The molecule has 2 aromatic heterocycles. The van der Waals surface area contributed by atoms with Crippen LogP contribution < -0.4 is 0 Å². The molecule has 0 aliphatic heterocycles. The van der Waals surface area contributed by atoms with Crippen molar-refractivity contribution < 1.29 is 18.1 Å². The van der Waals surface area contributed by atoms with Crippen LogP contribution in [0.4, 0.5) is 8.63 Å². The van der Waals surface area contributed by atoms with Gasteiger partial charge in [-0.3, -0.25) is 4.79 Å². The second-order valence-electron chi connectivity index (χ2n) is 9.08. The van der Waals surface area contributed by atoms with Crippen molar-refractivity contribution in [2.75, 3.05) is 0 Å². The lowest BCUT2D eigenvalue weighted by Gasteiger charge is -2.07. The molecular weight excluding hydrogens is 433 g/mol. The maximum atomic E-state index is 13.0. The standard InChI is InChI=1S/C27H41BF2N2O2/c1-3-5-7-9-11-13-15-22-17-19-24(31-22)26(33)21-27(34-28(29)30)25-20-18-23(32-25)16-14-12-10-8-6-4-2/h17-21,31-32H,3-16H2,1-2H3/b27-21-. The molecule has 2 N–H and O–H groups in total. The Labute approximate surface area is 204 Å². The number of aromatic amines is 2. The van der Waals surface area contributed by atoms with Crippen LogP contribution in [0.2, 0.25) is 0 Å². The summed E-state index contributed by atoms with van der Waals surface area (Å²) in [5.74, 6) is -0.516. The zero-order chi connectivity index (χ0) is 24.6. The van der Waals surface area contributed by atoms with E-state index < -0.39 is 7.47 Å². The van der Waals surface area contributed by atoms with Crippen molar-refractivity contribution >= 4 is 19.0 Å². The molecule has 0 saturated carbocycles. The fourth-order valence-corrected chi connectivity index (χ4v) is 4.12. The summed E-state index contributed by atoms with van der Waals surface area (Å²) in [7, 11) is -3.00. The average Bonchev–Trinajstić information content (AvgIpc) is 3.48. The summed E-state index contributed by atoms with van der Waals surface area (Å²) in [6.07, 6.45) is 17.3. The van der Waals surface area contributed by atoms with E-state index in [-0.39, 0.29) is 11.5 Å². The van der Waals surface area contributed by atoms with Crippen LogP contribution in [0.1, 0.15) is 118 Å². The predicted octanol–water partition coefficient (Wildman–Crippen LogP) is 8.31. The Kier molecular flexibility index (Phi) is 13.4. The highest BCUT2D eigenvalue weighted by molar-refractivity contribution is 6.36. The van der Waals surface area contributed by atoms with Crippen molar-refractivity contribution in [1.82, 2.24) is 9.97 Å². The zero-order valence-corrected chi connectivity index (χ0v) is 20.9. The monoisotopic (exact) mass is 474 g/mol. The summed E-state index contributed by atoms with van der Waals surface area (Å²) in [6, 6.07) is 7.19. The van der Waals surface area contributed by atoms with Crippen LogP contribution in [0.3, 0.4) is 0 Å².